The molecule has 1 aliphatic rings. The highest BCUT2D eigenvalue weighted by Crippen LogP contribution is 2.28. The largest absolute Gasteiger partial charge is 0.352 e. The Balaban J connectivity index is 1.71. The Morgan fingerprint density at radius 3 is 2.09 bits per heavy atom. The number of hydrogen-bond donors (Lipinski definition) is 1. The van der Waals surface area contributed by atoms with Gasteiger partial charge in [0.25, 0.3) is 10.0 Å². The Morgan fingerprint density at radius 2 is 1.49 bits per heavy atom. The predicted molar refractivity (Wildman–Crippen MR) is 173 cm³/mol. The number of nitrogens with zero attached hydrogens (tertiary/aromatic N) is 2. The monoisotopic (exact) mass is 643 g/mol. The van der Waals surface area contributed by atoms with E-state index in [0.29, 0.717) is 21.3 Å². The highest BCUT2D eigenvalue weighted by Gasteiger charge is 2.33. The first-order chi connectivity index (χ1) is 20.3. The Morgan fingerprint density at radius 1 is 0.860 bits per heavy atom. The lowest BCUT2D eigenvalue weighted by atomic mass is 9.95. The molecule has 1 fully saturated rings. The first-order valence-corrected chi connectivity index (χ1v) is 16.8. The van der Waals surface area contributed by atoms with E-state index in [-0.39, 0.29) is 23.4 Å². The van der Waals surface area contributed by atoms with Crippen LogP contribution < -0.4 is 9.62 Å². The summed E-state index contributed by atoms with van der Waals surface area (Å²) in [6.45, 7) is 6.85. The van der Waals surface area contributed by atoms with E-state index < -0.39 is 28.5 Å². The van der Waals surface area contributed by atoms with Gasteiger partial charge in [0.15, 0.2) is 0 Å². The zero-order valence-electron chi connectivity index (χ0n) is 25.1. The van der Waals surface area contributed by atoms with Gasteiger partial charge in [0.2, 0.25) is 11.8 Å². The van der Waals surface area contributed by atoms with Gasteiger partial charge >= 0.3 is 0 Å². The maximum Gasteiger partial charge on any atom is 0.264 e. The number of amides is 2. The van der Waals surface area contributed by atoms with Gasteiger partial charge in [-0.05, 0) is 93.6 Å². The summed E-state index contributed by atoms with van der Waals surface area (Å²) in [4.78, 5) is 29.2. The van der Waals surface area contributed by atoms with E-state index in [0.717, 1.165) is 53.1 Å². The van der Waals surface area contributed by atoms with Crippen LogP contribution in [0.4, 0.5) is 5.69 Å². The summed E-state index contributed by atoms with van der Waals surface area (Å²) >= 11 is 12.4. The van der Waals surface area contributed by atoms with E-state index in [4.69, 9.17) is 23.2 Å². The second-order valence-electron chi connectivity index (χ2n) is 11.5. The van der Waals surface area contributed by atoms with Crippen LogP contribution in [0.1, 0.15) is 61.3 Å². The zero-order valence-corrected chi connectivity index (χ0v) is 27.4. The number of carbonyl (C=O) groups is 2. The van der Waals surface area contributed by atoms with Gasteiger partial charge < -0.3 is 10.2 Å². The van der Waals surface area contributed by atoms with Gasteiger partial charge in [0.05, 0.1) is 20.6 Å². The van der Waals surface area contributed by atoms with Crippen molar-refractivity contribution in [2.24, 2.45) is 0 Å². The molecule has 0 bridgehead atoms. The average molecular weight is 645 g/mol. The molecule has 1 aliphatic carbocycles. The number of rotatable bonds is 10. The molecule has 4 rings (SSSR count). The van der Waals surface area contributed by atoms with Gasteiger partial charge in [-0.15, -0.1) is 0 Å². The summed E-state index contributed by atoms with van der Waals surface area (Å²) in [5, 5.41) is 3.81. The van der Waals surface area contributed by atoms with Crippen LogP contribution in [-0.2, 0) is 26.2 Å². The van der Waals surface area contributed by atoms with Crippen molar-refractivity contribution in [1.29, 1.82) is 0 Å². The SMILES string of the molecule is Cc1ccc(S(=O)(=O)N(CC(=O)N(Cc2ccc(Cl)c(Cl)c2)[C@H](C)C(=O)NC2CCCCC2)c2cc(C)cc(C)c2)cc1. The zero-order chi connectivity index (χ0) is 31.3. The molecule has 3 aromatic rings. The molecule has 7 nitrogen and oxygen atoms in total. The highest BCUT2D eigenvalue weighted by atomic mass is 35.5. The van der Waals surface area contributed by atoms with Gasteiger partial charge in [-0.25, -0.2) is 8.42 Å². The summed E-state index contributed by atoms with van der Waals surface area (Å²) in [5.41, 5.74) is 3.68. The molecule has 0 aliphatic heterocycles. The highest BCUT2D eigenvalue weighted by molar-refractivity contribution is 7.92. The first kappa shape index (κ1) is 32.8. The lowest BCUT2D eigenvalue weighted by Crippen LogP contribution is -2.53. The summed E-state index contributed by atoms with van der Waals surface area (Å²) in [6.07, 6.45) is 5.04. The van der Waals surface area contributed by atoms with Crippen LogP contribution in [0, 0.1) is 20.8 Å². The topological polar surface area (TPSA) is 86.8 Å². The summed E-state index contributed by atoms with van der Waals surface area (Å²) in [6, 6.07) is 16.2. The van der Waals surface area contributed by atoms with Crippen molar-refractivity contribution in [2.75, 3.05) is 10.8 Å². The maximum atomic E-state index is 14.2. The molecule has 0 spiro atoms. The van der Waals surface area contributed by atoms with Crippen LogP contribution in [0.3, 0.4) is 0 Å². The first-order valence-electron chi connectivity index (χ1n) is 14.6. The molecule has 0 radical (unpaired) electrons. The van der Waals surface area contributed by atoms with Crippen molar-refractivity contribution >= 4 is 50.7 Å². The second-order valence-corrected chi connectivity index (χ2v) is 14.1. The average Bonchev–Trinajstić information content (AvgIpc) is 2.96. The minimum absolute atomic E-state index is 0.0419. The molecular weight excluding hydrogens is 605 g/mol. The molecule has 230 valence electrons. The summed E-state index contributed by atoms with van der Waals surface area (Å²) in [7, 11) is -4.14. The summed E-state index contributed by atoms with van der Waals surface area (Å²) in [5.74, 6) is -0.799. The molecule has 0 saturated heterocycles. The van der Waals surface area contributed by atoms with E-state index in [1.807, 2.05) is 26.8 Å². The van der Waals surface area contributed by atoms with Crippen molar-refractivity contribution < 1.29 is 18.0 Å². The standard InChI is InChI=1S/C33H39Cl2N3O4S/c1-22-10-13-29(14-11-22)43(41,42)38(28-17-23(2)16-24(3)18-28)21-32(39)37(20-26-12-15-30(34)31(35)19-26)25(4)33(40)36-27-8-6-5-7-9-27/h10-19,25,27H,5-9,20-21H2,1-4H3,(H,36,40)/t25-/m1/s1. The van der Waals surface area contributed by atoms with Crippen LogP contribution in [0.5, 0.6) is 0 Å². The normalized spacial score (nSPS) is 14.7. The minimum atomic E-state index is -4.14. The number of aryl methyl sites for hydroxylation is 3. The lowest BCUT2D eigenvalue weighted by molar-refractivity contribution is -0.139. The molecule has 0 unspecified atom stereocenters. The molecule has 3 aromatic carbocycles. The van der Waals surface area contributed by atoms with Crippen molar-refractivity contribution in [3.8, 4) is 0 Å². The third-order valence-corrected chi connectivity index (χ3v) is 10.4. The number of hydrogen-bond acceptors (Lipinski definition) is 4. The Bertz CT molecular complexity index is 1550. The molecule has 0 heterocycles. The number of sulfonamides is 1. The minimum Gasteiger partial charge on any atom is -0.352 e. The number of nitrogens with one attached hydrogen (secondary N) is 1. The van der Waals surface area contributed by atoms with E-state index in [9.17, 15) is 18.0 Å². The van der Waals surface area contributed by atoms with Gasteiger partial charge in [-0.1, -0.05) is 72.3 Å². The van der Waals surface area contributed by atoms with Crippen molar-refractivity contribution in [1.82, 2.24) is 10.2 Å². The number of anilines is 1. The molecule has 1 N–H and O–H groups in total. The van der Waals surface area contributed by atoms with Gasteiger partial charge in [-0.2, -0.15) is 0 Å². The third kappa shape index (κ3) is 8.31. The van der Waals surface area contributed by atoms with Gasteiger partial charge in [0.1, 0.15) is 12.6 Å². The number of carbonyl (C=O) groups excluding carboxylic acids is 2. The van der Waals surface area contributed by atoms with E-state index >= 15 is 0 Å². The predicted octanol–water partition coefficient (Wildman–Crippen LogP) is 6.98. The fourth-order valence-corrected chi connectivity index (χ4v) is 7.17. The van der Waals surface area contributed by atoms with E-state index in [2.05, 4.69) is 5.32 Å². The molecule has 10 heteroatoms. The molecule has 1 saturated carbocycles. The lowest BCUT2D eigenvalue weighted by Gasteiger charge is -2.33. The van der Waals surface area contributed by atoms with E-state index in [1.54, 1.807) is 61.5 Å². The van der Waals surface area contributed by atoms with Crippen LogP contribution in [-0.4, -0.2) is 43.8 Å². The Labute approximate surface area is 265 Å². The Hall–Kier alpha value is -3.07. The quantitative estimate of drug-likeness (QED) is 0.258. The van der Waals surface area contributed by atoms with Crippen molar-refractivity contribution in [3.05, 3.63) is 93.0 Å². The number of halogens is 2. The van der Waals surface area contributed by atoms with Crippen LogP contribution in [0.2, 0.25) is 10.0 Å². The fourth-order valence-electron chi connectivity index (χ4n) is 5.45. The van der Waals surface area contributed by atoms with Gasteiger partial charge in [0, 0.05) is 12.6 Å². The number of benzene rings is 3. The van der Waals surface area contributed by atoms with E-state index in [1.165, 1.54) is 4.90 Å². The van der Waals surface area contributed by atoms with Crippen molar-refractivity contribution in [3.63, 3.8) is 0 Å². The molecule has 1 atom stereocenters. The summed E-state index contributed by atoms with van der Waals surface area (Å²) < 4.78 is 29.3. The van der Waals surface area contributed by atoms with Gasteiger partial charge in [-0.3, -0.25) is 13.9 Å². The smallest absolute Gasteiger partial charge is 0.264 e. The second kappa shape index (κ2) is 14.1. The van der Waals surface area contributed by atoms with Crippen molar-refractivity contribution in [2.45, 2.75) is 83.3 Å². The fraction of sp³-hybridized carbons (Fsp3) is 0.394. The van der Waals surface area contributed by atoms with Crippen LogP contribution >= 0.6 is 23.2 Å². The Kier molecular flexibility index (Phi) is 10.8. The maximum absolute atomic E-state index is 14.2. The van der Waals surface area contributed by atoms with Crippen LogP contribution in [0.15, 0.2) is 65.6 Å². The molecule has 43 heavy (non-hydrogen) atoms. The molecular formula is C33H39Cl2N3O4S. The third-order valence-electron chi connectivity index (χ3n) is 7.84. The van der Waals surface area contributed by atoms with Crippen LogP contribution in [0.25, 0.3) is 0 Å². The molecule has 0 aromatic heterocycles. The molecule has 2 amide bonds.